The number of nitrogens with one attached hydrogen (secondary N) is 1. The lowest BCUT2D eigenvalue weighted by Crippen LogP contribution is -2.05. The largest absolute Gasteiger partial charge is 0.494 e. The molecule has 0 spiro atoms. The molecule has 0 radical (unpaired) electrons. The van der Waals surface area contributed by atoms with Crippen molar-refractivity contribution in [3.63, 3.8) is 0 Å². The maximum Gasteiger partial charge on any atom is 0.164 e. The third-order valence-corrected chi connectivity index (χ3v) is 3.89. The summed E-state index contributed by atoms with van der Waals surface area (Å²) < 4.78 is 16.9. The lowest BCUT2D eigenvalue weighted by molar-refractivity contribution is 0.291. The third kappa shape index (κ3) is 5.45. The first-order valence-electron chi connectivity index (χ1n) is 9.12. The molecule has 4 nitrogen and oxygen atoms in total. The number of ether oxygens (including phenoxy) is 3. The van der Waals surface area contributed by atoms with Crippen molar-refractivity contribution in [2.24, 2.45) is 0 Å². The second-order valence-electron chi connectivity index (χ2n) is 5.94. The van der Waals surface area contributed by atoms with Crippen molar-refractivity contribution in [3.8, 4) is 17.2 Å². The number of methoxy groups -OCH3 is 1. The zero-order valence-electron chi connectivity index (χ0n) is 16.0. The van der Waals surface area contributed by atoms with Gasteiger partial charge in [0.1, 0.15) is 5.75 Å². The molecule has 2 rings (SSSR count). The molecule has 0 bridgehead atoms. The number of benzene rings is 2. The third-order valence-electron chi connectivity index (χ3n) is 3.89. The van der Waals surface area contributed by atoms with Crippen LogP contribution in [0.5, 0.6) is 17.2 Å². The van der Waals surface area contributed by atoms with Crippen LogP contribution in [0, 0.1) is 0 Å². The van der Waals surface area contributed by atoms with Crippen LogP contribution in [-0.2, 0) is 13.0 Å². The fourth-order valence-electron chi connectivity index (χ4n) is 2.69. The molecule has 4 heteroatoms. The summed E-state index contributed by atoms with van der Waals surface area (Å²) in [5.74, 6) is 2.46. The predicted molar refractivity (Wildman–Crippen MR) is 108 cm³/mol. The van der Waals surface area contributed by atoms with Crippen molar-refractivity contribution in [1.29, 1.82) is 0 Å². The normalized spacial score (nSPS) is 10.3. The van der Waals surface area contributed by atoms with E-state index in [1.807, 2.05) is 43.3 Å². The summed E-state index contributed by atoms with van der Waals surface area (Å²) in [7, 11) is 1.68. The van der Waals surface area contributed by atoms with Crippen LogP contribution < -0.4 is 19.5 Å². The van der Waals surface area contributed by atoms with Gasteiger partial charge < -0.3 is 19.5 Å². The van der Waals surface area contributed by atoms with Gasteiger partial charge in [0.05, 0.1) is 20.3 Å². The molecule has 26 heavy (non-hydrogen) atoms. The van der Waals surface area contributed by atoms with E-state index in [9.17, 15) is 0 Å². The van der Waals surface area contributed by atoms with Gasteiger partial charge in [-0.1, -0.05) is 13.0 Å². The Morgan fingerprint density at radius 1 is 1.08 bits per heavy atom. The van der Waals surface area contributed by atoms with Crippen LogP contribution in [0.3, 0.4) is 0 Å². The number of allylic oxidation sites excluding steroid dienone is 1. The molecular formula is C22H29NO3. The fraction of sp³-hybridized carbons (Fsp3) is 0.364. The molecule has 1 N–H and O–H groups in total. The summed E-state index contributed by atoms with van der Waals surface area (Å²) in [4.78, 5) is 0. The van der Waals surface area contributed by atoms with Crippen LogP contribution in [0.4, 0.5) is 5.69 Å². The maximum absolute atomic E-state index is 5.91. The van der Waals surface area contributed by atoms with Crippen LogP contribution in [0.2, 0.25) is 0 Å². The molecule has 0 aromatic heterocycles. The molecule has 2 aromatic rings. The minimum Gasteiger partial charge on any atom is -0.494 e. The molecule has 2 aromatic carbocycles. The molecular weight excluding hydrogens is 326 g/mol. The Morgan fingerprint density at radius 3 is 2.46 bits per heavy atom. The van der Waals surface area contributed by atoms with E-state index in [1.54, 1.807) is 7.11 Å². The molecule has 0 saturated carbocycles. The number of anilines is 1. The Morgan fingerprint density at radius 2 is 1.85 bits per heavy atom. The van der Waals surface area contributed by atoms with Crippen LogP contribution in [-0.4, -0.2) is 20.3 Å². The van der Waals surface area contributed by atoms with E-state index in [0.717, 1.165) is 46.9 Å². The van der Waals surface area contributed by atoms with Crippen molar-refractivity contribution < 1.29 is 14.2 Å². The van der Waals surface area contributed by atoms with E-state index >= 15 is 0 Å². The van der Waals surface area contributed by atoms with Gasteiger partial charge in [0.25, 0.3) is 0 Å². The van der Waals surface area contributed by atoms with Crippen LogP contribution >= 0.6 is 0 Å². The Balaban J connectivity index is 2.14. The van der Waals surface area contributed by atoms with Gasteiger partial charge in [0, 0.05) is 17.8 Å². The van der Waals surface area contributed by atoms with Gasteiger partial charge in [-0.15, -0.1) is 6.58 Å². The standard InChI is InChI=1S/C22H29NO3/c1-5-8-18-14-17(15-21(24-4)22(18)26-13-6-2)16-23-19-9-11-20(12-10-19)25-7-3/h5,9-12,14-15,23H,1,6-8,13,16H2,2-4H3. The Labute approximate surface area is 156 Å². The van der Waals surface area contributed by atoms with Crippen LogP contribution in [0.15, 0.2) is 49.1 Å². The van der Waals surface area contributed by atoms with Gasteiger partial charge >= 0.3 is 0 Å². The van der Waals surface area contributed by atoms with Crippen molar-refractivity contribution in [1.82, 2.24) is 0 Å². The van der Waals surface area contributed by atoms with Crippen LogP contribution in [0.1, 0.15) is 31.4 Å². The minimum atomic E-state index is 0.671. The average Bonchev–Trinajstić information content (AvgIpc) is 2.66. The molecule has 0 aliphatic carbocycles. The second kappa shape index (κ2) is 10.4. The lowest BCUT2D eigenvalue weighted by atomic mass is 10.1. The highest BCUT2D eigenvalue weighted by molar-refractivity contribution is 5.52. The zero-order valence-corrected chi connectivity index (χ0v) is 16.0. The molecule has 0 heterocycles. The van der Waals surface area contributed by atoms with E-state index < -0.39 is 0 Å². The van der Waals surface area contributed by atoms with E-state index in [4.69, 9.17) is 14.2 Å². The van der Waals surface area contributed by atoms with Crippen molar-refractivity contribution in [2.45, 2.75) is 33.2 Å². The smallest absolute Gasteiger partial charge is 0.164 e. The fourth-order valence-corrected chi connectivity index (χ4v) is 2.69. The van der Waals surface area contributed by atoms with Gasteiger partial charge in [-0.2, -0.15) is 0 Å². The molecule has 0 fully saturated rings. The van der Waals surface area contributed by atoms with Gasteiger partial charge in [-0.3, -0.25) is 0 Å². The van der Waals surface area contributed by atoms with Gasteiger partial charge in [-0.25, -0.2) is 0 Å². The molecule has 0 unspecified atom stereocenters. The van der Waals surface area contributed by atoms with Crippen LogP contribution in [0.25, 0.3) is 0 Å². The maximum atomic E-state index is 5.91. The summed E-state index contributed by atoms with van der Waals surface area (Å²) >= 11 is 0. The SMILES string of the molecule is C=CCc1cc(CNc2ccc(OCC)cc2)cc(OC)c1OCCC. The average molecular weight is 355 g/mol. The molecule has 0 aliphatic heterocycles. The summed E-state index contributed by atoms with van der Waals surface area (Å²) in [6.07, 6.45) is 3.58. The van der Waals surface area contributed by atoms with E-state index in [1.165, 1.54) is 0 Å². The first-order valence-corrected chi connectivity index (χ1v) is 9.12. The Kier molecular flexibility index (Phi) is 7.87. The van der Waals surface area contributed by atoms with Crippen molar-refractivity contribution >= 4 is 5.69 Å². The Hall–Kier alpha value is -2.62. The van der Waals surface area contributed by atoms with Gasteiger partial charge in [0.15, 0.2) is 11.5 Å². The molecule has 0 atom stereocenters. The van der Waals surface area contributed by atoms with Crippen molar-refractivity contribution in [3.05, 3.63) is 60.2 Å². The minimum absolute atomic E-state index is 0.671. The highest BCUT2D eigenvalue weighted by Gasteiger charge is 2.12. The number of hydrogen-bond donors (Lipinski definition) is 1. The monoisotopic (exact) mass is 355 g/mol. The quantitative estimate of drug-likeness (QED) is 0.561. The lowest BCUT2D eigenvalue weighted by Gasteiger charge is -2.17. The first kappa shape index (κ1) is 19.7. The summed E-state index contributed by atoms with van der Waals surface area (Å²) in [5, 5.41) is 3.44. The Bertz CT molecular complexity index is 695. The van der Waals surface area contributed by atoms with E-state index in [0.29, 0.717) is 19.8 Å². The van der Waals surface area contributed by atoms with E-state index in [2.05, 4.69) is 24.9 Å². The summed E-state index contributed by atoms with van der Waals surface area (Å²) in [5.41, 5.74) is 3.27. The highest BCUT2D eigenvalue weighted by Crippen LogP contribution is 2.34. The second-order valence-corrected chi connectivity index (χ2v) is 5.94. The number of rotatable bonds is 11. The molecule has 0 saturated heterocycles. The summed E-state index contributed by atoms with van der Waals surface area (Å²) in [6.45, 7) is 9.97. The van der Waals surface area contributed by atoms with E-state index in [-0.39, 0.29) is 0 Å². The first-order chi connectivity index (χ1) is 12.7. The predicted octanol–water partition coefficient (Wildman–Crippen LogP) is 5.22. The molecule has 0 amide bonds. The number of hydrogen-bond acceptors (Lipinski definition) is 4. The molecule has 140 valence electrons. The van der Waals surface area contributed by atoms with Crippen molar-refractivity contribution in [2.75, 3.05) is 25.6 Å². The highest BCUT2D eigenvalue weighted by atomic mass is 16.5. The van der Waals surface area contributed by atoms with Gasteiger partial charge in [-0.05, 0) is 61.7 Å². The molecule has 0 aliphatic rings. The van der Waals surface area contributed by atoms with Gasteiger partial charge in [0.2, 0.25) is 0 Å². The summed E-state index contributed by atoms with van der Waals surface area (Å²) in [6, 6.07) is 12.2. The topological polar surface area (TPSA) is 39.7 Å². The zero-order chi connectivity index (χ0) is 18.8.